The Morgan fingerprint density at radius 1 is 1.10 bits per heavy atom. The maximum Gasteiger partial charge on any atom is 0.119 e. The Bertz CT molecular complexity index is 424. The van der Waals surface area contributed by atoms with Gasteiger partial charge in [0.15, 0.2) is 0 Å². The second kappa shape index (κ2) is 7.14. The van der Waals surface area contributed by atoms with Gasteiger partial charge in [0.2, 0.25) is 0 Å². The number of nitrogens with zero attached hydrogens (tertiary/aromatic N) is 1. The molecular formula is C17H27NO3. The Kier molecular flexibility index (Phi) is 5.48. The zero-order chi connectivity index (χ0) is 15.3. The lowest BCUT2D eigenvalue weighted by atomic mass is 9.83. The van der Waals surface area contributed by atoms with Crippen molar-refractivity contribution in [1.82, 2.24) is 4.90 Å². The summed E-state index contributed by atoms with van der Waals surface area (Å²) in [4.78, 5) is 2.22. The molecule has 1 heterocycles. The van der Waals surface area contributed by atoms with Gasteiger partial charge in [-0.25, -0.2) is 0 Å². The summed E-state index contributed by atoms with van der Waals surface area (Å²) >= 11 is 0. The van der Waals surface area contributed by atoms with Crippen LogP contribution in [0.25, 0.3) is 0 Å². The minimum absolute atomic E-state index is 0.310. The first-order valence-corrected chi connectivity index (χ1v) is 7.84. The third-order valence-electron chi connectivity index (χ3n) is 4.04. The zero-order valence-electron chi connectivity index (χ0n) is 13.3. The highest BCUT2D eigenvalue weighted by atomic mass is 16.5. The molecule has 2 rings (SSSR count). The van der Waals surface area contributed by atoms with Crippen LogP contribution in [-0.4, -0.2) is 48.5 Å². The van der Waals surface area contributed by atoms with Gasteiger partial charge < -0.3 is 14.6 Å². The molecule has 0 unspecified atom stereocenters. The second-order valence-corrected chi connectivity index (χ2v) is 6.14. The molecule has 0 spiro atoms. The van der Waals surface area contributed by atoms with E-state index < -0.39 is 5.60 Å². The predicted octanol–water partition coefficient (Wildman–Crippen LogP) is 2.56. The van der Waals surface area contributed by atoms with E-state index in [1.807, 2.05) is 24.3 Å². The van der Waals surface area contributed by atoms with E-state index in [0.29, 0.717) is 12.5 Å². The fourth-order valence-electron chi connectivity index (χ4n) is 2.40. The SMILES string of the molecule is CCCOc1ccc(OCCN2CC(O)(C(C)C)C2)cc1. The molecule has 0 atom stereocenters. The summed E-state index contributed by atoms with van der Waals surface area (Å²) in [5.41, 5.74) is -0.502. The number of hydrogen-bond donors (Lipinski definition) is 1. The van der Waals surface area contributed by atoms with E-state index in [2.05, 4.69) is 25.7 Å². The third-order valence-corrected chi connectivity index (χ3v) is 4.04. The van der Waals surface area contributed by atoms with E-state index in [1.165, 1.54) is 0 Å². The Morgan fingerprint density at radius 3 is 2.10 bits per heavy atom. The van der Waals surface area contributed by atoms with Gasteiger partial charge in [-0.3, -0.25) is 4.90 Å². The van der Waals surface area contributed by atoms with Gasteiger partial charge in [-0.1, -0.05) is 20.8 Å². The molecule has 1 saturated heterocycles. The van der Waals surface area contributed by atoms with Gasteiger partial charge in [0.1, 0.15) is 18.1 Å². The Balaban J connectivity index is 1.65. The largest absolute Gasteiger partial charge is 0.494 e. The molecule has 118 valence electrons. The molecule has 1 N–H and O–H groups in total. The van der Waals surface area contributed by atoms with E-state index in [4.69, 9.17) is 9.47 Å². The minimum atomic E-state index is -0.502. The van der Waals surface area contributed by atoms with Crippen LogP contribution in [0.3, 0.4) is 0 Å². The lowest BCUT2D eigenvalue weighted by molar-refractivity contribution is -0.129. The Morgan fingerprint density at radius 2 is 1.62 bits per heavy atom. The second-order valence-electron chi connectivity index (χ2n) is 6.14. The number of benzene rings is 1. The molecule has 0 amide bonds. The Labute approximate surface area is 127 Å². The average molecular weight is 293 g/mol. The topological polar surface area (TPSA) is 41.9 Å². The summed E-state index contributed by atoms with van der Waals surface area (Å²) in [6, 6.07) is 7.75. The van der Waals surface area contributed by atoms with Crippen LogP contribution in [-0.2, 0) is 0 Å². The summed E-state index contributed by atoms with van der Waals surface area (Å²) in [5.74, 6) is 2.05. The summed E-state index contributed by atoms with van der Waals surface area (Å²) in [6.07, 6.45) is 1.01. The van der Waals surface area contributed by atoms with Crippen LogP contribution in [0, 0.1) is 5.92 Å². The highest BCUT2D eigenvalue weighted by Gasteiger charge is 2.43. The molecule has 0 aromatic heterocycles. The molecule has 0 bridgehead atoms. The van der Waals surface area contributed by atoms with Crippen molar-refractivity contribution in [2.75, 3.05) is 32.8 Å². The van der Waals surface area contributed by atoms with Gasteiger partial charge in [0, 0.05) is 19.6 Å². The highest BCUT2D eigenvalue weighted by molar-refractivity contribution is 5.31. The van der Waals surface area contributed by atoms with Gasteiger partial charge in [-0.15, -0.1) is 0 Å². The van der Waals surface area contributed by atoms with Crippen molar-refractivity contribution in [1.29, 1.82) is 0 Å². The summed E-state index contributed by atoms with van der Waals surface area (Å²) in [6.45, 7) is 9.95. The molecule has 1 aromatic carbocycles. The molecule has 4 nitrogen and oxygen atoms in total. The number of likely N-dealkylation sites (tertiary alicyclic amines) is 1. The van der Waals surface area contributed by atoms with Gasteiger partial charge in [-0.05, 0) is 36.6 Å². The highest BCUT2D eigenvalue weighted by Crippen LogP contribution is 2.28. The van der Waals surface area contributed by atoms with E-state index in [9.17, 15) is 5.11 Å². The average Bonchev–Trinajstić information content (AvgIpc) is 2.44. The molecule has 1 fully saturated rings. The summed E-state index contributed by atoms with van der Waals surface area (Å²) < 4.78 is 11.3. The monoisotopic (exact) mass is 293 g/mol. The minimum Gasteiger partial charge on any atom is -0.494 e. The first-order chi connectivity index (χ1) is 10.0. The normalized spacial score (nSPS) is 17.6. The molecule has 21 heavy (non-hydrogen) atoms. The molecule has 1 aliphatic rings. The quantitative estimate of drug-likeness (QED) is 0.800. The zero-order valence-corrected chi connectivity index (χ0v) is 13.3. The van der Waals surface area contributed by atoms with Crippen LogP contribution in [0.15, 0.2) is 24.3 Å². The van der Waals surface area contributed by atoms with E-state index in [1.54, 1.807) is 0 Å². The number of ether oxygens (including phenoxy) is 2. The van der Waals surface area contributed by atoms with E-state index in [-0.39, 0.29) is 0 Å². The van der Waals surface area contributed by atoms with Crippen molar-refractivity contribution >= 4 is 0 Å². The maximum atomic E-state index is 10.2. The first-order valence-electron chi connectivity index (χ1n) is 7.84. The fraction of sp³-hybridized carbons (Fsp3) is 0.647. The van der Waals surface area contributed by atoms with Gasteiger partial charge in [0.05, 0.1) is 12.2 Å². The number of aliphatic hydroxyl groups is 1. The van der Waals surface area contributed by atoms with Crippen LogP contribution < -0.4 is 9.47 Å². The first kappa shape index (κ1) is 16.1. The van der Waals surface area contributed by atoms with Crippen molar-refractivity contribution in [3.63, 3.8) is 0 Å². The van der Waals surface area contributed by atoms with Crippen molar-refractivity contribution in [2.24, 2.45) is 5.92 Å². The molecule has 1 aromatic rings. The van der Waals surface area contributed by atoms with Gasteiger partial charge in [-0.2, -0.15) is 0 Å². The molecular weight excluding hydrogens is 266 g/mol. The van der Waals surface area contributed by atoms with Crippen molar-refractivity contribution in [3.8, 4) is 11.5 Å². The number of β-amino-alcohol motifs (C(OH)–C–C–N with tert-alkyl or cyclic N) is 1. The van der Waals surface area contributed by atoms with Gasteiger partial charge >= 0.3 is 0 Å². The number of rotatable bonds is 8. The van der Waals surface area contributed by atoms with E-state index in [0.717, 1.165) is 44.2 Å². The van der Waals surface area contributed by atoms with Crippen molar-refractivity contribution in [3.05, 3.63) is 24.3 Å². The summed E-state index contributed by atoms with van der Waals surface area (Å²) in [7, 11) is 0. The molecule has 0 saturated carbocycles. The standard InChI is InChI=1S/C17H27NO3/c1-4-10-20-15-5-7-16(8-6-15)21-11-9-18-12-17(19,13-18)14(2)3/h5-8,14,19H,4,9-13H2,1-3H3. The summed E-state index contributed by atoms with van der Waals surface area (Å²) in [5, 5.41) is 10.2. The lowest BCUT2D eigenvalue weighted by Gasteiger charge is -2.49. The molecule has 0 aliphatic carbocycles. The predicted molar refractivity (Wildman–Crippen MR) is 84.0 cm³/mol. The number of hydrogen-bond acceptors (Lipinski definition) is 4. The Hall–Kier alpha value is -1.26. The molecule has 4 heteroatoms. The van der Waals surface area contributed by atoms with Crippen LogP contribution in [0.2, 0.25) is 0 Å². The van der Waals surface area contributed by atoms with Crippen LogP contribution >= 0.6 is 0 Å². The van der Waals surface area contributed by atoms with Crippen molar-refractivity contribution < 1.29 is 14.6 Å². The van der Waals surface area contributed by atoms with Crippen LogP contribution in [0.4, 0.5) is 0 Å². The lowest BCUT2D eigenvalue weighted by Crippen LogP contribution is -2.64. The smallest absolute Gasteiger partial charge is 0.119 e. The molecule has 1 aliphatic heterocycles. The van der Waals surface area contributed by atoms with Crippen molar-refractivity contribution in [2.45, 2.75) is 32.8 Å². The molecule has 0 radical (unpaired) electrons. The van der Waals surface area contributed by atoms with Gasteiger partial charge in [0.25, 0.3) is 0 Å². The fourth-order valence-corrected chi connectivity index (χ4v) is 2.40. The maximum absolute atomic E-state index is 10.2. The van der Waals surface area contributed by atoms with E-state index >= 15 is 0 Å². The third kappa shape index (κ3) is 4.35. The van der Waals surface area contributed by atoms with Crippen LogP contribution in [0.5, 0.6) is 11.5 Å². The van der Waals surface area contributed by atoms with Crippen LogP contribution in [0.1, 0.15) is 27.2 Å².